The number of thioether (sulfide) groups is 1. The van der Waals surface area contributed by atoms with E-state index in [1.54, 1.807) is 17.8 Å². The molecule has 1 aliphatic carbocycles. The monoisotopic (exact) mass is 400 g/mol. The zero-order chi connectivity index (χ0) is 17.8. The van der Waals surface area contributed by atoms with Crippen LogP contribution in [0.3, 0.4) is 0 Å². The molecule has 7 heteroatoms. The third-order valence-electron chi connectivity index (χ3n) is 4.90. The minimum Gasteiger partial charge on any atom is -0.339 e. The molecule has 0 aromatic heterocycles. The number of amides is 2. The fourth-order valence-corrected chi connectivity index (χ4v) is 4.55. The molecule has 3 rings (SSSR count). The van der Waals surface area contributed by atoms with E-state index in [0.717, 1.165) is 18.4 Å². The first kappa shape index (κ1) is 18.9. The number of carbonyl (C=O) groups is 2. The number of rotatable bonds is 5. The number of halogens is 2. The van der Waals surface area contributed by atoms with Crippen LogP contribution >= 0.6 is 35.0 Å². The highest BCUT2D eigenvalue weighted by atomic mass is 35.5. The number of benzene rings is 1. The molecule has 0 spiro atoms. The Morgan fingerprint density at radius 3 is 2.36 bits per heavy atom. The average molecular weight is 401 g/mol. The molecule has 1 saturated carbocycles. The maximum absolute atomic E-state index is 12.4. The van der Waals surface area contributed by atoms with Gasteiger partial charge in [0, 0.05) is 47.9 Å². The van der Waals surface area contributed by atoms with Crippen molar-refractivity contribution >= 4 is 46.8 Å². The van der Waals surface area contributed by atoms with E-state index >= 15 is 0 Å². The molecule has 4 nitrogen and oxygen atoms in total. The Morgan fingerprint density at radius 1 is 1.08 bits per heavy atom. The molecular formula is C18H22Cl2N2O2S. The summed E-state index contributed by atoms with van der Waals surface area (Å²) in [7, 11) is 0. The molecule has 0 radical (unpaired) electrons. The minimum atomic E-state index is 0.130. The molecule has 25 heavy (non-hydrogen) atoms. The van der Waals surface area contributed by atoms with Gasteiger partial charge in [0.25, 0.3) is 0 Å². The predicted molar refractivity (Wildman–Crippen MR) is 103 cm³/mol. The number of hydrogen-bond donors (Lipinski definition) is 0. The smallest absolute Gasteiger partial charge is 0.232 e. The lowest BCUT2D eigenvalue weighted by Crippen LogP contribution is -2.53. The molecule has 2 aliphatic rings. The highest BCUT2D eigenvalue weighted by Crippen LogP contribution is 2.29. The quantitative estimate of drug-likeness (QED) is 0.756. The fourth-order valence-electron chi connectivity index (χ4n) is 3.07. The molecule has 0 N–H and O–H groups in total. The molecule has 1 aromatic rings. The van der Waals surface area contributed by atoms with E-state index in [1.165, 1.54) is 6.42 Å². The van der Waals surface area contributed by atoms with Crippen molar-refractivity contribution in [2.45, 2.75) is 25.0 Å². The minimum absolute atomic E-state index is 0.130. The van der Waals surface area contributed by atoms with E-state index in [9.17, 15) is 9.59 Å². The molecule has 136 valence electrons. The maximum atomic E-state index is 12.4. The predicted octanol–water partition coefficient (Wildman–Crippen LogP) is 3.70. The summed E-state index contributed by atoms with van der Waals surface area (Å²) in [5, 5.41) is 1.25. The van der Waals surface area contributed by atoms with Crippen LogP contribution in [-0.2, 0) is 15.3 Å². The van der Waals surface area contributed by atoms with Crippen molar-refractivity contribution in [1.82, 2.24) is 9.80 Å². The van der Waals surface area contributed by atoms with Crippen molar-refractivity contribution in [3.05, 3.63) is 33.8 Å². The van der Waals surface area contributed by atoms with Crippen molar-refractivity contribution in [3.8, 4) is 0 Å². The number of carbonyl (C=O) groups excluding carboxylic acids is 2. The standard InChI is InChI=1S/C18H22Cl2N2O2S/c19-15-5-4-14(16(20)10-15)11-25-12-17(23)21-6-8-22(9-7-21)18(24)13-2-1-3-13/h4-5,10,13H,1-3,6-9,11-12H2. The van der Waals surface area contributed by atoms with Crippen molar-refractivity contribution in [3.63, 3.8) is 0 Å². The summed E-state index contributed by atoms with van der Waals surface area (Å²) in [4.78, 5) is 28.4. The Kier molecular flexibility index (Phi) is 6.53. The van der Waals surface area contributed by atoms with E-state index in [-0.39, 0.29) is 17.7 Å². The fraction of sp³-hybridized carbons (Fsp3) is 0.556. The Labute approximate surface area is 162 Å². The van der Waals surface area contributed by atoms with Crippen LogP contribution in [0.5, 0.6) is 0 Å². The van der Waals surface area contributed by atoms with Gasteiger partial charge in [-0.05, 0) is 30.5 Å². The molecule has 0 bridgehead atoms. The topological polar surface area (TPSA) is 40.6 Å². The van der Waals surface area contributed by atoms with Gasteiger partial charge in [-0.15, -0.1) is 11.8 Å². The second kappa shape index (κ2) is 8.65. The van der Waals surface area contributed by atoms with Crippen molar-refractivity contribution < 1.29 is 9.59 Å². The highest BCUT2D eigenvalue weighted by molar-refractivity contribution is 7.99. The normalized spacial score (nSPS) is 18.2. The van der Waals surface area contributed by atoms with Crippen LogP contribution in [0.4, 0.5) is 0 Å². The van der Waals surface area contributed by atoms with E-state index in [0.29, 0.717) is 47.7 Å². The third-order valence-corrected chi connectivity index (χ3v) is 6.45. The lowest BCUT2D eigenvalue weighted by atomic mass is 9.84. The van der Waals surface area contributed by atoms with Crippen LogP contribution in [-0.4, -0.2) is 53.5 Å². The molecule has 1 aromatic carbocycles. The Bertz CT molecular complexity index is 644. The second-order valence-corrected chi connectivity index (χ2v) is 8.39. The largest absolute Gasteiger partial charge is 0.339 e. The summed E-state index contributed by atoms with van der Waals surface area (Å²) in [5.41, 5.74) is 0.986. The third kappa shape index (κ3) is 4.83. The number of hydrogen-bond acceptors (Lipinski definition) is 3. The SMILES string of the molecule is O=C(CSCc1ccc(Cl)cc1Cl)N1CCN(C(=O)C2CCC2)CC1. The zero-order valence-electron chi connectivity index (χ0n) is 14.0. The van der Waals surface area contributed by atoms with E-state index < -0.39 is 0 Å². The molecule has 0 atom stereocenters. The first-order chi connectivity index (χ1) is 12.0. The van der Waals surface area contributed by atoms with Crippen LogP contribution in [0, 0.1) is 5.92 Å². The molecule has 0 unspecified atom stereocenters. The van der Waals surface area contributed by atoms with Gasteiger partial charge in [0.15, 0.2) is 0 Å². The van der Waals surface area contributed by atoms with Crippen molar-refractivity contribution in [1.29, 1.82) is 0 Å². The van der Waals surface area contributed by atoms with Gasteiger partial charge in [-0.1, -0.05) is 35.7 Å². The number of piperazine rings is 1. The van der Waals surface area contributed by atoms with Crippen LogP contribution in [0.25, 0.3) is 0 Å². The molecule has 2 amide bonds. The number of nitrogens with zero attached hydrogens (tertiary/aromatic N) is 2. The molecule has 2 fully saturated rings. The van der Waals surface area contributed by atoms with Crippen LogP contribution < -0.4 is 0 Å². The van der Waals surface area contributed by atoms with Gasteiger partial charge in [-0.25, -0.2) is 0 Å². The molecule has 1 aliphatic heterocycles. The highest BCUT2D eigenvalue weighted by Gasteiger charge is 2.31. The first-order valence-corrected chi connectivity index (χ1v) is 10.5. The lowest BCUT2D eigenvalue weighted by molar-refractivity contribution is -0.143. The Morgan fingerprint density at radius 2 is 1.76 bits per heavy atom. The zero-order valence-corrected chi connectivity index (χ0v) is 16.4. The summed E-state index contributed by atoms with van der Waals surface area (Å²) in [6.07, 6.45) is 3.23. The summed E-state index contributed by atoms with van der Waals surface area (Å²) < 4.78 is 0. The van der Waals surface area contributed by atoms with Gasteiger partial charge in [-0.2, -0.15) is 0 Å². The van der Waals surface area contributed by atoms with Gasteiger partial charge in [0.05, 0.1) is 5.75 Å². The lowest BCUT2D eigenvalue weighted by Gasteiger charge is -2.38. The molecular weight excluding hydrogens is 379 g/mol. The average Bonchev–Trinajstić information content (AvgIpc) is 2.55. The van der Waals surface area contributed by atoms with Gasteiger partial charge in [-0.3, -0.25) is 9.59 Å². The van der Waals surface area contributed by atoms with Crippen molar-refractivity contribution in [2.75, 3.05) is 31.9 Å². The summed E-state index contributed by atoms with van der Waals surface area (Å²) in [6.45, 7) is 2.60. The summed E-state index contributed by atoms with van der Waals surface area (Å²) in [5.74, 6) is 1.76. The van der Waals surface area contributed by atoms with Crippen LogP contribution in [0.1, 0.15) is 24.8 Å². The Hall–Kier alpha value is -0.910. The van der Waals surface area contributed by atoms with Gasteiger partial charge >= 0.3 is 0 Å². The van der Waals surface area contributed by atoms with Crippen LogP contribution in [0.15, 0.2) is 18.2 Å². The Balaban J connectivity index is 1.39. The molecule has 1 heterocycles. The second-order valence-electron chi connectivity index (χ2n) is 6.56. The molecule has 1 saturated heterocycles. The maximum Gasteiger partial charge on any atom is 0.232 e. The van der Waals surface area contributed by atoms with Gasteiger partial charge < -0.3 is 9.80 Å². The van der Waals surface area contributed by atoms with Crippen LogP contribution in [0.2, 0.25) is 10.0 Å². The van der Waals surface area contributed by atoms with Crippen molar-refractivity contribution in [2.24, 2.45) is 5.92 Å². The van der Waals surface area contributed by atoms with Gasteiger partial charge in [0.2, 0.25) is 11.8 Å². The first-order valence-electron chi connectivity index (χ1n) is 8.63. The summed E-state index contributed by atoms with van der Waals surface area (Å²) >= 11 is 13.6. The van der Waals surface area contributed by atoms with E-state index in [2.05, 4.69) is 0 Å². The summed E-state index contributed by atoms with van der Waals surface area (Å²) in [6, 6.07) is 5.43. The van der Waals surface area contributed by atoms with E-state index in [4.69, 9.17) is 23.2 Å². The van der Waals surface area contributed by atoms with E-state index in [1.807, 2.05) is 21.9 Å². The van der Waals surface area contributed by atoms with Gasteiger partial charge in [0.1, 0.15) is 0 Å².